The van der Waals surface area contributed by atoms with Crippen molar-refractivity contribution < 1.29 is 9.63 Å². The Morgan fingerprint density at radius 2 is 2.14 bits per heavy atom. The number of hydrogen-bond acceptors (Lipinski definition) is 3. The minimum Gasteiger partial charge on any atom is -0.355 e. The van der Waals surface area contributed by atoms with Crippen molar-refractivity contribution in [2.45, 2.75) is 0 Å². The lowest BCUT2D eigenvalue weighted by molar-refractivity contribution is -0.137. The van der Waals surface area contributed by atoms with Crippen molar-refractivity contribution in [3.05, 3.63) is 52.4 Å². The molecule has 0 heterocycles. The van der Waals surface area contributed by atoms with Crippen LogP contribution in [0.3, 0.4) is 0 Å². The summed E-state index contributed by atoms with van der Waals surface area (Å²) in [4.78, 5) is 17.2. The molecule has 0 aliphatic heterocycles. The lowest BCUT2D eigenvalue weighted by atomic mass is 10.2. The molecule has 0 bridgehead atoms. The van der Waals surface area contributed by atoms with Gasteiger partial charge < -0.3 is 4.84 Å². The topological polar surface area (TPSA) is 75.1 Å². The molecule has 0 N–H and O–H groups in total. The van der Waals surface area contributed by atoms with Crippen LogP contribution in [-0.2, 0) is 9.63 Å². The summed E-state index contributed by atoms with van der Waals surface area (Å²) >= 11 is 0. The first kappa shape index (κ1) is 9.83. The first-order chi connectivity index (χ1) is 6.83. The summed E-state index contributed by atoms with van der Waals surface area (Å²) in [6.45, 7) is 0. The van der Waals surface area contributed by atoms with Crippen LogP contribution in [0, 0.1) is 0 Å². The highest BCUT2D eigenvalue weighted by Gasteiger charge is 1.92. The zero-order chi connectivity index (χ0) is 10.2. The number of nitrogens with zero attached hydrogens (tertiary/aromatic N) is 3. The number of carbonyl (C=O) groups excluding carboxylic acids is 1. The van der Waals surface area contributed by atoms with E-state index in [2.05, 4.69) is 15.0 Å². The molecular formula is C9H7N3O2. The van der Waals surface area contributed by atoms with E-state index in [4.69, 9.17) is 5.53 Å². The van der Waals surface area contributed by atoms with Gasteiger partial charge in [-0.05, 0) is 17.2 Å². The second kappa shape index (κ2) is 5.40. The summed E-state index contributed by atoms with van der Waals surface area (Å²) in [5.74, 6) is -0.702. The average Bonchev–Trinajstić information content (AvgIpc) is 2.25. The highest BCUT2D eigenvalue weighted by Crippen LogP contribution is 2.00. The number of carbonyl (C=O) groups is 1. The second-order valence-electron chi connectivity index (χ2n) is 2.33. The van der Waals surface area contributed by atoms with Crippen LogP contribution in [0.1, 0.15) is 5.56 Å². The normalized spacial score (nSPS) is 9.43. The number of azide groups is 1. The molecule has 0 aliphatic carbocycles. The van der Waals surface area contributed by atoms with Crippen LogP contribution in [0.15, 0.2) is 41.7 Å². The van der Waals surface area contributed by atoms with Crippen molar-refractivity contribution in [1.29, 1.82) is 0 Å². The van der Waals surface area contributed by atoms with Gasteiger partial charge in [0.15, 0.2) is 0 Å². The van der Waals surface area contributed by atoms with Gasteiger partial charge in [0.2, 0.25) is 0 Å². The molecule has 5 heteroatoms. The van der Waals surface area contributed by atoms with Crippen LogP contribution < -0.4 is 0 Å². The molecule has 70 valence electrons. The van der Waals surface area contributed by atoms with Crippen molar-refractivity contribution in [3.63, 3.8) is 0 Å². The van der Waals surface area contributed by atoms with E-state index in [-0.39, 0.29) is 0 Å². The Kier molecular flexibility index (Phi) is 3.79. The molecule has 0 atom stereocenters. The number of benzene rings is 1. The second-order valence-corrected chi connectivity index (χ2v) is 2.33. The highest BCUT2D eigenvalue weighted by molar-refractivity contribution is 5.86. The maximum Gasteiger partial charge on any atom is 0.342 e. The fourth-order valence-corrected chi connectivity index (χ4v) is 0.817. The third-order valence-electron chi connectivity index (χ3n) is 1.38. The van der Waals surface area contributed by atoms with Crippen molar-refractivity contribution in [3.8, 4) is 0 Å². The van der Waals surface area contributed by atoms with Crippen molar-refractivity contribution in [2.24, 2.45) is 5.28 Å². The van der Waals surface area contributed by atoms with E-state index >= 15 is 0 Å². The Labute approximate surface area is 80.2 Å². The van der Waals surface area contributed by atoms with E-state index in [0.717, 1.165) is 5.56 Å². The van der Waals surface area contributed by atoms with Gasteiger partial charge >= 0.3 is 5.97 Å². The number of rotatable bonds is 3. The Morgan fingerprint density at radius 1 is 1.43 bits per heavy atom. The van der Waals surface area contributed by atoms with Crippen molar-refractivity contribution in [1.82, 2.24) is 0 Å². The monoisotopic (exact) mass is 189 g/mol. The Bertz CT molecular complexity index is 380. The van der Waals surface area contributed by atoms with Gasteiger partial charge in [-0.2, -0.15) is 0 Å². The first-order valence-electron chi connectivity index (χ1n) is 3.81. The van der Waals surface area contributed by atoms with Gasteiger partial charge in [-0.3, -0.25) is 0 Å². The smallest absolute Gasteiger partial charge is 0.342 e. The van der Waals surface area contributed by atoms with Crippen molar-refractivity contribution in [2.75, 3.05) is 0 Å². The minimum atomic E-state index is -0.702. The molecule has 14 heavy (non-hydrogen) atoms. The quantitative estimate of drug-likeness (QED) is 0.241. The molecule has 5 nitrogen and oxygen atoms in total. The van der Waals surface area contributed by atoms with Gasteiger partial charge in [0.1, 0.15) is 5.28 Å². The van der Waals surface area contributed by atoms with Crippen LogP contribution in [-0.4, -0.2) is 5.97 Å². The molecule has 0 unspecified atom stereocenters. The molecule has 0 amide bonds. The molecule has 0 saturated carbocycles. The van der Waals surface area contributed by atoms with Gasteiger partial charge in [-0.1, -0.05) is 30.3 Å². The summed E-state index contributed by atoms with van der Waals surface area (Å²) < 4.78 is 0. The molecular weight excluding hydrogens is 182 g/mol. The van der Waals surface area contributed by atoms with E-state index in [1.165, 1.54) is 6.08 Å². The molecule has 1 aromatic carbocycles. The fourth-order valence-electron chi connectivity index (χ4n) is 0.817. The molecule has 0 aliphatic rings. The first-order valence-corrected chi connectivity index (χ1v) is 3.81. The Morgan fingerprint density at radius 3 is 2.79 bits per heavy atom. The zero-order valence-electron chi connectivity index (χ0n) is 7.20. The number of hydrogen-bond donors (Lipinski definition) is 0. The van der Waals surface area contributed by atoms with Crippen molar-refractivity contribution >= 4 is 12.0 Å². The summed E-state index contributed by atoms with van der Waals surface area (Å²) in [7, 11) is 0. The van der Waals surface area contributed by atoms with Gasteiger partial charge in [-0.15, -0.1) is 0 Å². The van der Waals surface area contributed by atoms with Gasteiger partial charge in [0, 0.05) is 11.0 Å². The lowest BCUT2D eigenvalue weighted by Gasteiger charge is -1.90. The largest absolute Gasteiger partial charge is 0.355 e. The van der Waals surface area contributed by atoms with Crippen LogP contribution in [0.5, 0.6) is 0 Å². The summed E-state index contributed by atoms with van der Waals surface area (Å²) in [6.07, 6.45) is 2.75. The van der Waals surface area contributed by atoms with Crippen LogP contribution in [0.4, 0.5) is 0 Å². The summed E-state index contributed by atoms with van der Waals surface area (Å²) in [5.41, 5.74) is 8.72. The molecule has 1 rings (SSSR count). The molecule has 1 aromatic rings. The molecule has 0 fully saturated rings. The van der Waals surface area contributed by atoms with E-state index in [1.807, 2.05) is 30.3 Å². The molecule has 0 spiro atoms. The SMILES string of the molecule is [N-]=[N+]=NOC(=O)/C=C/c1ccccc1. The maximum atomic E-state index is 10.8. The predicted molar refractivity (Wildman–Crippen MR) is 50.7 cm³/mol. The fraction of sp³-hybridized carbons (Fsp3) is 0. The van der Waals surface area contributed by atoms with Crippen LogP contribution in [0.25, 0.3) is 16.5 Å². The maximum absolute atomic E-state index is 10.8. The van der Waals surface area contributed by atoms with Gasteiger partial charge in [-0.25, -0.2) is 4.79 Å². The predicted octanol–water partition coefficient (Wildman–Crippen LogP) is 2.47. The van der Waals surface area contributed by atoms with E-state index in [0.29, 0.717) is 0 Å². The summed E-state index contributed by atoms with van der Waals surface area (Å²) in [5, 5.41) is 2.66. The molecule has 0 radical (unpaired) electrons. The van der Waals surface area contributed by atoms with E-state index in [9.17, 15) is 4.79 Å². The molecule has 0 saturated heterocycles. The highest BCUT2D eigenvalue weighted by atomic mass is 16.7. The average molecular weight is 189 g/mol. The third kappa shape index (κ3) is 3.42. The van der Waals surface area contributed by atoms with Crippen LogP contribution in [0.2, 0.25) is 0 Å². The van der Waals surface area contributed by atoms with E-state index < -0.39 is 5.97 Å². The van der Waals surface area contributed by atoms with Gasteiger partial charge in [0.25, 0.3) is 0 Å². The van der Waals surface area contributed by atoms with Crippen LogP contribution >= 0.6 is 0 Å². The van der Waals surface area contributed by atoms with Gasteiger partial charge in [0.05, 0.1) is 0 Å². The zero-order valence-corrected chi connectivity index (χ0v) is 7.20. The standard InChI is InChI=1S/C9H7N3O2/c10-11-12-14-9(13)7-6-8-4-2-1-3-5-8/h1-7H/b7-6+. The minimum absolute atomic E-state index is 0.702. The lowest BCUT2D eigenvalue weighted by Crippen LogP contribution is -1.91. The van der Waals surface area contributed by atoms with E-state index in [1.54, 1.807) is 6.08 Å². The summed E-state index contributed by atoms with van der Waals surface area (Å²) in [6, 6.07) is 9.22. The molecule has 0 aromatic heterocycles. The Hall–Kier alpha value is -2.26. The third-order valence-corrected chi connectivity index (χ3v) is 1.38. The Balaban J connectivity index is 2.56.